The van der Waals surface area contributed by atoms with E-state index in [1.807, 2.05) is 31.2 Å². The number of rotatable bonds is 5. The number of benzene rings is 2. The summed E-state index contributed by atoms with van der Waals surface area (Å²) in [6.07, 6.45) is 0. The normalized spacial score (nSPS) is 13.3. The molecule has 0 fully saturated rings. The second-order valence-electron chi connectivity index (χ2n) is 5.50. The third kappa shape index (κ3) is 4.07. The summed E-state index contributed by atoms with van der Waals surface area (Å²) >= 11 is 0. The minimum atomic E-state index is -0.780. The van der Waals surface area contributed by atoms with Crippen molar-refractivity contribution in [1.29, 1.82) is 0 Å². The average Bonchev–Trinajstić information content (AvgIpc) is 2.54. The molecular weight excluding hydrogens is 295 g/mol. The highest BCUT2D eigenvalue weighted by atomic mass is 19.1. The van der Waals surface area contributed by atoms with Crippen LogP contribution in [0.4, 0.5) is 4.39 Å². The summed E-state index contributed by atoms with van der Waals surface area (Å²) in [4.78, 5) is 12.3. The zero-order valence-corrected chi connectivity index (χ0v) is 13.5. The van der Waals surface area contributed by atoms with Crippen LogP contribution in [-0.2, 0) is 4.79 Å². The highest BCUT2D eigenvalue weighted by molar-refractivity contribution is 5.83. The van der Waals surface area contributed by atoms with Crippen molar-refractivity contribution in [3.63, 3.8) is 0 Å². The molecule has 0 saturated heterocycles. The number of aryl methyl sites for hydroxylation is 1. The highest BCUT2D eigenvalue weighted by Crippen LogP contribution is 2.26. The van der Waals surface area contributed by atoms with E-state index in [4.69, 9.17) is 10.5 Å². The SMILES string of the molecule is COc1ccc(F)cc1C(C)NC(=O)C(N)c1ccc(C)cc1. The van der Waals surface area contributed by atoms with Crippen molar-refractivity contribution < 1.29 is 13.9 Å². The van der Waals surface area contributed by atoms with Crippen LogP contribution in [0, 0.1) is 12.7 Å². The van der Waals surface area contributed by atoms with Crippen LogP contribution in [0.25, 0.3) is 0 Å². The Balaban J connectivity index is 2.13. The van der Waals surface area contributed by atoms with Gasteiger partial charge in [0.05, 0.1) is 13.2 Å². The van der Waals surface area contributed by atoms with Crippen molar-refractivity contribution >= 4 is 5.91 Å². The molecule has 2 atom stereocenters. The van der Waals surface area contributed by atoms with Gasteiger partial charge in [-0.3, -0.25) is 4.79 Å². The zero-order chi connectivity index (χ0) is 17.0. The quantitative estimate of drug-likeness (QED) is 0.891. The molecular formula is C18H21FN2O2. The number of nitrogens with one attached hydrogen (secondary N) is 1. The van der Waals surface area contributed by atoms with Gasteiger partial charge in [0.25, 0.3) is 0 Å². The van der Waals surface area contributed by atoms with Gasteiger partial charge >= 0.3 is 0 Å². The lowest BCUT2D eigenvalue weighted by molar-refractivity contribution is -0.123. The molecule has 122 valence electrons. The van der Waals surface area contributed by atoms with Gasteiger partial charge in [0, 0.05) is 5.56 Å². The molecule has 0 heterocycles. The van der Waals surface area contributed by atoms with Crippen LogP contribution < -0.4 is 15.8 Å². The number of amides is 1. The molecule has 5 heteroatoms. The first-order valence-corrected chi connectivity index (χ1v) is 7.38. The summed E-state index contributed by atoms with van der Waals surface area (Å²) in [5, 5.41) is 2.80. The number of halogens is 1. The van der Waals surface area contributed by atoms with Gasteiger partial charge in [-0.15, -0.1) is 0 Å². The van der Waals surface area contributed by atoms with Crippen molar-refractivity contribution in [3.05, 3.63) is 65.0 Å². The fraction of sp³-hybridized carbons (Fsp3) is 0.278. The van der Waals surface area contributed by atoms with E-state index < -0.39 is 12.1 Å². The lowest BCUT2D eigenvalue weighted by Gasteiger charge is -2.20. The van der Waals surface area contributed by atoms with Gasteiger partial charge in [-0.1, -0.05) is 29.8 Å². The van der Waals surface area contributed by atoms with E-state index in [9.17, 15) is 9.18 Å². The minimum Gasteiger partial charge on any atom is -0.496 e. The molecule has 0 aliphatic rings. The molecule has 4 nitrogen and oxygen atoms in total. The number of hydrogen-bond acceptors (Lipinski definition) is 3. The van der Waals surface area contributed by atoms with Crippen molar-refractivity contribution in [2.75, 3.05) is 7.11 Å². The van der Waals surface area contributed by atoms with Crippen molar-refractivity contribution in [2.45, 2.75) is 25.9 Å². The zero-order valence-electron chi connectivity index (χ0n) is 13.5. The van der Waals surface area contributed by atoms with Gasteiger partial charge in [0.2, 0.25) is 5.91 Å². The maximum Gasteiger partial charge on any atom is 0.241 e. The van der Waals surface area contributed by atoms with E-state index >= 15 is 0 Å². The molecule has 2 aromatic rings. The molecule has 0 radical (unpaired) electrons. The Morgan fingerprint density at radius 2 is 1.87 bits per heavy atom. The number of hydrogen-bond donors (Lipinski definition) is 2. The standard InChI is InChI=1S/C18H21FN2O2/c1-11-4-6-13(7-5-11)17(20)18(22)21-12(2)15-10-14(19)8-9-16(15)23-3/h4-10,12,17H,20H2,1-3H3,(H,21,22). The van der Waals surface area contributed by atoms with Crippen molar-refractivity contribution in [3.8, 4) is 5.75 Å². The summed E-state index contributed by atoms with van der Waals surface area (Å²) < 4.78 is 18.7. The van der Waals surface area contributed by atoms with Crippen LogP contribution >= 0.6 is 0 Å². The van der Waals surface area contributed by atoms with E-state index in [1.54, 1.807) is 6.92 Å². The number of nitrogens with two attached hydrogens (primary N) is 1. The summed E-state index contributed by atoms with van der Waals surface area (Å²) in [5.41, 5.74) is 8.39. The first-order chi connectivity index (χ1) is 10.9. The van der Waals surface area contributed by atoms with E-state index in [0.717, 1.165) is 11.1 Å². The molecule has 2 rings (SSSR count). The monoisotopic (exact) mass is 316 g/mol. The predicted octanol–water partition coefficient (Wildman–Crippen LogP) is 3.02. The summed E-state index contributed by atoms with van der Waals surface area (Å²) in [6.45, 7) is 3.73. The molecule has 23 heavy (non-hydrogen) atoms. The Morgan fingerprint density at radius 1 is 1.22 bits per heavy atom. The molecule has 2 unspecified atom stereocenters. The Labute approximate surface area is 135 Å². The molecule has 0 aromatic heterocycles. The van der Waals surface area contributed by atoms with Crippen LogP contribution in [0.3, 0.4) is 0 Å². The van der Waals surface area contributed by atoms with Gasteiger partial charge < -0.3 is 15.8 Å². The smallest absolute Gasteiger partial charge is 0.241 e. The molecule has 3 N–H and O–H groups in total. The Hall–Kier alpha value is -2.40. The third-order valence-corrected chi connectivity index (χ3v) is 3.74. The largest absolute Gasteiger partial charge is 0.496 e. The van der Waals surface area contributed by atoms with Crippen molar-refractivity contribution in [2.24, 2.45) is 5.73 Å². The third-order valence-electron chi connectivity index (χ3n) is 3.74. The summed E-state index contributed by atoms with van der Waals surface area (Å²) in [6, 6.07) is 10.5. The minimum absolute atomic E-state index is 0.326. The Bertz CT molecular complexity index is 686. The van der Waals surface area contributed by atoms with E-state index in [1.165, 1.54) is 25.3 Å². The van der Waals surface area contributed by atoms with E-state index in [0.29, 0.717) is 11.3 Å². The molecule has 0 spiro atoms. The molecule has 1 amide bonds. The van der Waals surface area contributed by atoms with Gasteiger partial charge in [0.15, 0.2) is 0 Å². The molecule has 2 aromatic carbocycles. The van der Waals surface area contributed by atoms with Crippen LogP contribution in [0.2, 0.25) is 0 Å². The maximum atomic E-state index is 13.4. The van der Waals surface area contributed by atoms with Crippen LogP contribution in [0.15, 0.2) is 42.5 Å². The van der Waals surface area contributed by atoms with E-state index in [2.05, 4.69) is 5.32 Å². The van der Waals surface area contributed by atoms with Crippen molar-refractivity contribution in [1.82, 2.24) is 5.32 Å². The number of carbonyl (C=O) groups excluding carboxylic acids is 1. The number of ether oxygens (including phenoxy) is 1. The number of carbonyl (C=O) groups is 1. The molecule has 0 saturated carbocycles. The fourth-order valence-corrected chi connectivity index (χ4v) is 2.35. The lowest BCUT2D eigenvalue weighted by atomic mass is 10.0. The molecule has 0 bridgehead atoms. The van der Waals surface area contributed by atoms with Gasteiger partial charge in [-0.05, 0) is 37.6 Å². The topological polar surface area (TPSA) is 64.3 Å². The first kappa shape index (κ1) is 17.0. The average molecular weight is 316 g/mol. The molecule has 0 aliphatic heterocycles. The van der Waals surface area contributed by atoms with Gasteiger partial charge in [-0.25, -0.2) is 4.39 Å². The second-order valence-corrected chi connectivity index (χ2v) is 5.50. The number of methoxy groups -OCH3 is 1. The van der Waals surface area contributed by atoms with Crippen LogP contribution in [0.1, 0.15) is 35.7 Å². The predicted molar refractivity (Wildman–Crippen MR) is 87.6 cm³/mol. The first-order valence-electron chi connectivity index (χ1n) is 7.38. The maximum absolute atomic E-state index is 13.4. The highest BCUT2D eigenvalue weighted by Gasteiger charge is 2.20. The van der Waals surface area contributed by atoms with Gasteiger partial charge in [-0.2, -0.15) is 0 Å². The van der Waals surface area contributed by atoms with Crippen LogP contribution in [0.5, 0.6) is 5.75 Å². The Kier molecular flexibility index (Phi) is 5.34. The summed E-state index contributed by atoms with van der Waals surface area (Å²) in [5.74, 6) is -0.194. The summed E-state index contributed by atoms with van der Waals surface area (Å²) in [7, 11) is 1.50. The molecule has 0 aliphatic carbocycles. The Morgan fingerprint density at radius 3 is 2.48 bits per heavy atom. The fourth-order valence-electron chi connectivity index (χ4n) is 2.35. The second kappa shape index (κ2) is 7.24. The lowest BCUT2D eigenvalue weighted by Crippen LogP contribution is -2.35. The van der Waals surface area contributed by atoms with Gasteiger partial charge in [0.1, 0.15) is 17.6 Å². The van der Waals surface area contributed by atoms with E-state index in [-0.39, 0.29) is 11.7 Å². The van der Waals surface area contributed by atoms with Crippen LogP contribution in [-0.4, -0.2) is 13.0 Å².